The Labute approximate surface area is 113 Å². The Bertz CT molecular complexity index is 953. The topological polar surface area (TPSA) is 77.8 Å². The van der Waals surface area contributed by atoms with Gasteiger partial charge in [0.15, 0.2) is 0 Å². The van der Waals surface area contributed by atoms with E-state index in [-0.39, 0.29) is 5.56 Å². The summed E-state index contributed by atoms with van der Waals surface area (Å²) in [6.07, 6.45) is 0.505. The van der Waals surface area contributed by atoms with Gasteiger partial charge in [0, 0.05) is 12.1 Å². The van der Waals surface area contributed by atoms with Crippen LogP contribution in [0.15, 0.2) is 46.0 Å². The third-order valence-electron chi connectivity index (χ3n) is 3.70. The lowest BCUT2D eigenvalue weighted by Crippen LogP contribution is -2.29. The van der Waals surface area contributed by atoms with Crippen LogP contribution in [0.25, 0.3) is 10.8 Å². The van der Waals surface area contributed by atoms with E-state index in [4.69, 9.17) is 0 Å². The Morgan fingerprint density at radius 1 is 0.900 bits per heavy atom. The van der Waals surface area contributed by atoms with Gasteiger partial charge in [-0.2, -0.15) is 0 Å². The summed E-state index contributed by atoms with van der Waals surface area (Å²) in [6, 6.07) is 12.1. The molecular formula is C15H11N3O2. The van der Waals surface area contributed by atoms with Gasteiger partial charge >= 0.3 is 5.69 Å². The number of aromatic nitrogens is 2. The average Bonchev–Trinajstić information content (AvgIpc) is 2.45. The number of H-pyrrole nitrogens is 2. The van der Waals surface area contributed by atoms with Gasteiger partial charge in [0.2, 0.25) is 0 Å². The van der Waals surface area contributed by atoms with Crippen LogP contribution in [0.2, 0.25) is 0 Å². The summed E-state index contributed by atoms with van der Waals surface area (Å²) < 4.78 is 0. The number of rotatable bonds is 0. The lowest BCUT2D eigenvalue weighted by atomic mass is 9.95. The minimum absolute atomic E-state index is 0.338. The first-order valence-electron chi connectivity index (χ1n) is 6.35. The van der Waals surface area contributed by atoms with E-state index in [1.807, 2.05) is 36.4 Å². The monoisotopic (exact) mass is 265 g/mol. The fraction of sp³-hybridized carbons (Fsp3) is 0.0667. The van der Waals surface area contributed by atoms with Crippen molar-refractivity contribution in [2.75, 3.05) is 5.32 Å². The smallest absolute Gasteiger partial charge is 0.327 e. The molecule has 4 rings (SSSR count). The van der Waals surface area contributed by atoms with Crippen molar-refractivity contribution >= 4 is 22.3 Å². The van der Waals surface area contributed by atoms with Gasteiger partial charge in [0.05, 0.1) is 5.56 Å². The predicted octanol–water partition coefficient (Wildman–Crippen LogP) is 1.86. The highest BCUT2D eigenvalue weighted by molar-refractivity contribution is 5.92. The van der Waals surface area contributed by atoms with Crippen molar-refractivity contribution in [1.29, 1.82) is 0 Å². The van der Waals surface area contributed by atoms with Crippen molar-refractivity contribution in [1.82, 2.24) is 9.97 Å². The molecule has 0 aliphatic carbocycles. The molecule has 0 amide bonds. The first-order chi connectivity index (χ1) is 9.72. The summed E-state index contributed by atoms with van der Waals surface area (Å²) in [6.45, 7) is 0. The van der Waals surface area contributed by atoms with E-state index >= 15 is 0 Å². The molecule has 0 atom stereocenters. The first kappa shape index (κ1) is 11.0. The quantitative estimate of drug-likeness (QED) is 0.454. The fourth-order valence-electron chi connectivity index (χ4n) is 2.74. The molecule has 0 spiro atoms. The molecule has 0 radical (unpaired) electrons. The zero-order valence-electron chi connectivity index (χ0n) is 10.5. The molecule has 1 aliphatic heterocycles. The minimum atomic E-state index is -0.495. The van der Waals surface area contributed by atoms with E-state index in [1.165, 1.54) is 0 Å². The van der Waals surface area contributed by atoms with Crippen LogP contribution in [0.1, 0.15) is 11.1 Å². The highest BCUT2D eigenvalue weighted by atomic mass is 16.2. The molecule has 0 fully saturated rings. The number of hydrogen-bond acceptors (Lipinski definition) is 3. The van der Waals surface area contributed by atoms with Crippen molar-refractivity contribution < 1.29 is 0 Å². The largest absolute Gasteiger partial charge is 0.341 e. The predicted molar refractivity (Wildman–Crippen MR) is 77.7 cm³/mol. The summed E-state index contributed by atoms with van der Waals surface area (Å²) in [7, 11) is 0. The zero-order chi connectivity index (χ0) is 13.7. The van der Waals surface area contributed by atoms with Gasteiger partial charge in [-0.3, -0.25) is 14.8 Å². The van der Waals surface area contributed by atoms with Crippen molar-refractivity contribution in [3.8, 4) is 0 Å². The SMILES string of the molecule is O=c1[nH]c2c(c(=O)[nH]1)Cc1c(ccc3ccccc13)N2. The average molecular weight is 265 g/mol. The molecule has 20 heavy (non-hydrogen) atoms. The van der Waals surface area contributed by atoms with E-state index < -0.39 is 5.69 Å². The molecule has 1 aromatic heterocycles. The lowest BCUT2D eigenvalue weighted by Gasteiger charge is -2.21. The van der Waals surface area contributed by atoms with Crippen LogP contribution in [-0.4, -0.2) is 9.97 Å². The van der Waals surface area contributed by atoms with E-state index in [1.54, 1.807) is 0 Å². The number of benzene rings is 2. The first-order valence-corrected chi connectivity index (χ1v) is 6.35. The number of aromatic amines is 2. The van der Waals surface area contributed by atoms with Gasteiger partial charge in [-0.15, -0.1) is 0 Å². The number of fused-ring (bicyclic) bond motifs is 4. The van der Waals surface area contributed by atoms with Crippen LogP contribution in [0.4, 0.5) is 11.5 Å². The molecule has 1 aliphatic rings. The van der Waals surface area contributed by atoms with Crippen molar-refractivity contribution in [2.45, 2.75) is 6.42 Å². The summed E-state index contributed by atoms with van der Waals surface area (Å²) in [5.41, 5.74) is 1.74. The second-order valence-corrected chi connectivity index (χ2v) is 4.88. The van der Waals surface area contributed by atoms with E-state index in [2.05, 4.69) is 15.3 Å². The Morgan fingerprint density at radius 3 is 2.65 bits per heavy atom. The Balaban J connectivity index is 2.01. The maximum absolute atomic E-state index is 11.9. The highest BCUT2D eigenvalue weighted by Gasteiger charge is 2.20. The van der Waals surface area contributed by atoms with E-state index in [0.29, 0.717) is 17.8 Å². The van der Waals surface area contributed by atoms with Gasteiger partial charge in [-0.1, -0.05) is 30.3 Å². The molecule has 2 heterocycles. The van der Waals surface area contributed by atoms with Crippen LogP contribution in [0, 0.1) is 0 Å². The maximum Gasteiger partial charge on any atom is 0.327 e. The van der Waals surface area contributed by atoms with Gasteiger partial charge in [0.25, 0.3) is 5.56 Å². The molecule has 2 aromatic carbocycles. The van der Waals surface area contributed by atoms with Crippen molar-refractivity contribution in [3.63, 3.8) is 0 Å². The standard InChI is InChI=1S/C15H11N3O2/c19-14-11-7-10-9-4-2-1-3-8(9)5-6-12(10)16-13(11)17-15(20)18-14/h1-6H,7H2,(H3,16,17,18,19,20). The molecule has 0 bridgehead atoms. The summed E-state index contributed by atoms with van der Waals surface area (Å²) in [5.74, 6) is 0.488. The van der Waals surface area contributed by atoms with Gasteiger partial charge in [0.1, 0.15) is 5.82 Å². The van der Waals surface area contributed by atoms with Crippen molar-refractivity contribution in [2.24, 2.45) is 0 Å². The lowest BCUT2D eigenvalue weighted by molar-refractivity contribution is 0.971. The molecule has 5 heteroatoms. The highest BCUT2D eigenvalue weighted by Crippen LogP contribution is 2.34. The second kappa shape index (κ2) is 3.84. The number of anilines is 2. The van der Waals surface area contributed by atoms with E-state index in [0.717, 1.165) is 22.0 Å². The van der Waals surface area contributed by atoms with E-state index in [9.17, 15) is 9.59 Å². The van der Waals surface area contributed by atoms with Crippen LogP contribution in [0.5, 0.6) is 0 Å². The van der Waals surface area contributed by atoms with Gasteiger partial charge in [-0.05, 0) is 22.4 Å². The summed E-state index contributed by atoms with van der Waals surface area (Å²) in [4.78, 5) is 28.2. The molecule has 5 nitrogen and oxygen atoms in total. The van der Waals surface area contributed by atoms with Crippen LogP contribution in [-0.2, 0) is 6.42 Å². The van der Waals surface area contributed by atoms with Crippen LogP contribution in [0.3, 0.4) is 0 Å². The second-order valence-electron chi connectivity index (χ2n) is 4.88. The van der Waals surface area contributed by atoms with Gasteiger partial charge in [-0.25, -0.2) is 4.79 Å². The van der Waals surface area contributed by atoms with Crippen molar-refractivity contribution in [3.05, 3.63) is 68.4 Å². The third-order valence-corrected chi connectivity index (χ3v) is 3.70. The number of nitrogens with one attached hydrogen (secondary N) is 3. The number of hydrogen-bond donors (Lipinski definition) is 3. The summed E-state index contributed by atoms with van der Waals surface area (Å²) >= 11 is 0. The van der Waals surface area contributed by atoms with Crippen LogP contribution < -0.4 is 16.6 Å². The Morgan fingerprint density at radius 2 is 1.75 bits per heavy atom. The molecule has 0 saturated heterocycles. The molecule has 98 valence electrons. The zero-order valence-corrected chi connectivity index (χ0v) is 10.5. The Kier molecular flexibility index (Phi) is 2.12. The normalized spacial score (nSPS) is 12.6. The fourth-order valence-corrected chi connectivity index (χ4v) is 2.74. The molecule has 0 unspecified atom stereocenters. The third kappa shape index (κ3) is 1.50. The van der Waals surface area contributed by atoms with Gasteiger partial charge < -0.3 is 5.32 Å². The summed E-state index contributed by atoms with van der Waals surface area (Å²) in [5, 5.41) is 5.39. The Hall–Kier alpha value is -2.82. The molecule has 3 aromatic rings. The maximum atomic E-state index is 11.9. The molecule has 0 saturated carbocycles. The molecule has 3 N–H and O–H groups in total. The van der Waals surface area contributed by atoms with Crippen LogP contribution >= 0.6 is 0 Å². The molecular weight excluding hydrogens is 254 g/mol. The minimum Gasteiger partial charge on any atom is -0.341 e.